The minimum atomic E-state index is -1.01. The molecule has 1 amide bonds. The number of carbonyl (C=O) groups excluding carboxylic acids is 1. The highest BCUT2D eigenvalue weighted by Crippen LogP contribution is 2.44. The van der Waals surface area contributed by atoms with E-state index in [-0.39, 0.29) is 5.41 Å². The normalized spacial score (nSPS) is 18.1. The Kier molecular flexibility index (Phi) is 5.05. The van der Waals surface area contributed by atoms with Crippen LogP contribution in [0.1, 0.15) is 60.3 Å². The zero-order valence-corrected chi connectivity index (χ0v) is 13.2. The maximum atomic E-state index is 11.7. The van der Waals surface area contributed by atoms with Gasteiger partial charge in [0.15, 0.2) is 0 Å². The topological polar surface area (TPSA) is 75.6 Å². The van der Waals surface area contributed by atoms with Crippen LogP contribution >= 0.6 is 0 Å². The first-order valence-corrected chi connectivity index (χ1v) is 7.23. The van der Waals surface area contributed by atoms with Gasteiger partial charge in [-0.2, -0.15) is 0 Å². The van der Waals surface area contributed by atoms with Crippen molar-refractivity contribution in [2.75, 3.05) is 0 Å². The summed E-state index contributed by atoms with van der Waals surface area (Å²) in [5.74, 6) is -0.465. The fourth-order valence-electron chi connectivity index (χ4n) is 2.53. The molecule has 0 aromatic rings. The number of carboxylic acid groups (broad SMARTS) is 1. The Morgan fingerprint density at radius 2 is 1.80 bits per heavy atom. The fourth-order valence-corrected chi connectivity index (χ4v) is 2.53. The van der Waals surface area contributed by atoms with Gasteiger partial charge in [0, 0.05) is 0 Å². The molecule has 1 saturated carbocycles. The molecule has 20 heavy (non-hydrogen) atoms. The molecule has 0 aromatic carbocycles. The Morgan fingerprint density at radius 1 is 1.25 bits per heavy atom. The van der Waals surface area contributed by atoms with Gasteiger partial charge in [-0.15, -0.1) is 0 Å². The second-order valence-corrected chi connectivity index (χ2v) is 7.36. The van der Waals surface area contributed by atoms with Crippen LogP contribution in [0.25, 0.3) is 0 Å². The third kappa shape index (κ3) is 5.02. The molecule has 1 aliphatic carbocycles. The number of carbonyl (C=O) groups is 2. The van der Waals surface area contributed by atoms with E-state index in [4.69, 9.17) is 4.74 Å². The maximum absolute atomic E-state index is 11.7. The van der Waals surface area contributed by atoms with E-state index in [1.165, 1.54) is 6.42 Å². The number of alkyl carbamates (subject to hydrolysis) is 1. The summed E-state index contributed by atoms with van der Waals surface area (Å²) in [4.78, 5) is 23.1. The molecule has 1 unspecified atom stereocenters. The summed E-state index contributed by atoms with van der Waals surface area (Å²) in [6, 6.07) is -0.902. The molecular weight excluding hydrogens is 258 g/mol. The SMILES string of the molecule is CC(C)(C)OC(=O)NC(CC(C)(C)C1CCC1)C(=O)O. The van der Waals surface area contributed by atoms with Gasteiger partial charge >= 0.3 is 12.1 Å². The van der Waals surface area contributed by atoms with Crippen LogP contribution in [0.15, 0.2) is 0 Å². The van der Waals surface area contributed by atoms with E-state index in [1.54, 1.807) is 20.8 Å². The van der Waals surface area contributed by atoms with Crippen molar-refractivity contribution >= 4 is 12.1 Å². The fraction of sp³-hybridized carbons (Fsp3) is 0.867. The predicted molar refractivity (Wildman–Crippen MR) is 76.5 cm³/mol. The van der Waals surface area contributed by atoms with Crippen molar-refractivity contribution in [3.05, 3.63) is 0 Å². The van der Waals surface area contributed by atoms with Gasteiger partial charge in [0.1, 0.15) is 11.6 Å². The molecule has 0 heterocycles. The lowest BCUT2D eigenvalue weighted by Gasteiger charge is -2.41. The van der Waals surface area contributed by atoms with E-state index in [2.05, 4.69) is 19.2 Å². The molecule has 1 atom stereocenters. The van der Waals surface area contributed by atoms with Gasteiger partial charge in [0.05, 0.1) is 0 Å². The van der Waals surface area contributed by atoms with Gasteiger partial charge in [-0.3, -0.25) is 0 Å². The lowest BCUT2D eigenvalue weighted by Crippen LogP contribution is -2.47. The molecule has 5 heteroatoms. The number of aliphatic carboxylic acids is 1. The highest BCUT2D eigenvalue weighted by molar-refractivity contribution is 5.80. The third-order valence-electron chi connectivity index (χ3n) is 3.93. The molecule has 1 aliphatic rings. The van der Waals surface area contributed by atoms with E-state index in [0.717, 1.165) is 12.8 Å². The van der Waals surface area contributed by atoms with Crippen molar-refractivity contribution in [2.24, 2.45) is 11.3 Å². The van der Waals surface area contributed by atoms with Crippen LogP contribution in [0.5, 0.6) is 0 Å². The molecule has 116 valence electrons. The largest absolute Gasteiger partial charge is 0.480 e. The van der Waals surface area contributed by atoms with E-state index >= 15 is 0 Å². The lowest BCUT2D eigenvalue weighted by atomic mass is 9.65. The van der Waals surface area contributed by atoms with Crippen molar-refractivity contribution < 1.29 is 19.4 Å². The molecule has 0 radical (unpaired) electrons. The highest BCUT2D eigenvalue weighted by Gasteiger charge is 2.38. The van der Waals surface area contributed by atoms with Crippen LogP contribution in [-0.2, 0) is 9.53 Å². The van der Waals surface area contributed by atoms with Gasteiger partial charge in [-0.1, -0.05) is 20.3 Å². The van der Waals surface area contributed by atoms with Crippen molar-refractivity contribution in [1.82, 2.24) is 5.32 Å². The minimum absolute atomic E-state index is 0.0870. The number of rotatable bonds is 5. The van der Waals surface area contributed by atoms with Gasteiger partial charge in [-0.25, -0.2) is 9.59 Å². The number of nitrogens with one attached hydrogen (secondary N) is 1. The molecule has 2 N–H and O–H groups in total. The van der Waals surface area contributed by atoms with E-state index in [9.17, 15) is 14.7 Å². The zero-order valence-electron chi connectivity index (χ0n) is 13.2. The van der Waals surface area contributed by atoms with E-state index < -0.39 is 23.7 Å². The Labute approximate surface area is 121 Å². The van der Waals surface area contributed by atoms with Gasteiger partial charge in [0.2, 0.25) is 0 Å². The summed E-state index contributed by atoms with van der Waals surface area (Å²) >= 11 is 0. The number of carboxylic acids is 1. The smallest absolute Gasteiger partial charge is 0.408 e. The van der Waals surface area contributed by atoms with Crippen LogP contribution in [0, 0.1) is 11.3 Å². The molecule has 0 bridgehead atoms. The number of hydrogen-bond acceptors (Lipinski definition) is 3. The first kappa shape index (κ1) is 16.8. The lowest BCUT2D eigenvalue weighted by molar-refractivity contribution is -0.140. The number of amides is 1. The molecular formula is C15H27NO4. The number of ether oxygens (including phenoxy) is 1. The Hall–Kier alpha value is -1.26. The van der Waals surface area contributed by atoms with E-state index in [0.29, 0.717) is 12.3 Å². The summed E-state index contributed by atoms with van der Waals surface area (Å²) in [5, 5.41) is 11.8. The highest BCUT2D eigenvalue weighted by atomic mass is 16.6. The summed E-state index contributed by atoms with van der Waals surface area (Å²) in [6.45, 7) is 9.40. The first-order chi connectivity index (χ1) is 9.01. The van der Waals surface area contributed by atoms with Gasteiger partial charge in [0.25, 0.3) is 0 Å². The molecule has 1 fully saturated rings. The zero-order chi connectivity index (χ0) is 15.6. The van der Waals surface area contributed by atoms with Crippen LogP contribution in [0.4, 0.5) is 4.79 Å². The second kappa shape index (κ2) is 6.02. The standard InChI is InChI=1S/C15H27NO4/c1-14(2,3)20-13(19)16-11(12(17)18)9-15(4,5)10-7-6-8-10/h10-11H,6-9H2,1-5H3,(H,16,19)(H,17,18). The van der Waals surface area contributed by atoms with E-state index in [1.807, 2.05) is 0 Å². The Morgan fingerprint density at radius 3 is 2.15 bits per heavy atom. The van der Waals surface area contributed by atoms with Crippen LogP contribution in [-0.4, -0.2) is 28.8 Å². The van der Waals surface area contributed by atoms with Gasteiger partial charge in [-0.05, 0) is 51.4 Å². The predicted octanol–water partition coefficient (Wildman–Crippen LogP) is 3.18. The maximum Gasteiger partial charge on any atom is 0.408 e. The first-order valence-electron chi connectivity index (χ1n) is 7.23. The van der Waals surface area contributed by atoms with Crippen LogP contribution < -0.4 is 5.32 Å². The van der Waals surface area contributed by atoms with Gasteiger partial charge < -0.3 is 15.2 Å². The Balaban J connectivity index is 2.60. The third-order valence-corrected chi connectivity index (χ3v) is 3.93. The van der Waals surface area contributed by atoms with Crippen molar-refractivity contribution in [2.45, 2.75) is 71.9 Å². The number of hydrogen-bond donors (Lipinski definition) is 2. The summed E-state index contributed by atoms with van der Waals surface area (Å²) in [7, 11) is 0. The summed E-state index contributed by atoms with van der Waals surface area (Å²) in [5.41, 5.74) is -0.715. The molecule has 0 saturated heterocycles. The van der Waals surface area contributed by atoms with Crippen LogP contribution in [0.3, 0.4) is 0 Å². The summed E-state index contributed by atoms with van der Waals surface area (Å²) < 4.78 is 5.12. The van der Waals surface area contributed by atoms with Crippen molar-refractivity contribution in [1.29, 1.82) is 0 Å². The Bertz CT molecular complexity index is 367. The minimum Gasteiger partial charge on any atom is -0.480 e. The average molecular weight is 285 g/mol. The van der Waals surface area contributed by atoms with Crippen LogP contribution in [0.2, 0.25) is 0 Å². The van der Waals surface area contributed by atoms with Crippen molar-refractivity contribution in [3.63, 3.8) is 0 Å². The molecule has 0 spiro atoms. The quantitative estimate of drug-likeness (QED) is 0.813. The molecule has 1 rings (SSSR count). The molecule has 0 aromatic heterocycles. The second-order valence-electron chi connectivity index (χ2n) is 7.36. The van der Waals surface area contributed by atoms with Crippen molar-refractivity contribution in [3.8, 4) is 0 Å². The average Bonchev–Trinajstić information content (AvgIpc) is 2.08. The monoisotopic (exact) mass is 285 g/mol. The molecule has 0 aliphatic heterocycles. The molecule has 5 nitrogen and oxygen atoms in total. The summed E-state index contributed by atoms with van der Waals surface area (Å²) in [6.07, 6.45) is 3.25.